The predicted molar refractivity (Wildman–Crippen MR) is 218 cm³/mol. The summed E-state index contributed by atoms with van der Waals surface area (Å²) in [6, 6.07) is 8.54. The maximum Gasteiger partial charge on any atom is 0.254 e. The molecule has 290 valence electrons. The van der Waals surface area contributed by atoms with E-state index in [4.69, 9.17) is 9.47 Å². The molecule has 0 bridgehead atoms. The Morgan fingerprint density at radius 3 is 1.90 bits per heavy atom. The Hall–Kier alpha value is -2.62. The number of rotatable bonds is 24. The van der Waals surface area contributed by atoms with Crippen molar-refractivity contribution < 1.29 is 14.3 Å². The number of imidazole rings is 2. The molecule has 52 heavy (non-hydrogen) atoms. The third kappa shape index (κ3) is 14.3. The quantitative estimate of drug-likeness (QED) is 0.0683. The van der Waals surface area contributed by atoms with Gasteiger partial charge in [-0.05, 0) is 93.6 Å². The number of carbonyl (C=O) groups excluding carboxylic acids is 1. The Balaban J connectivity index is 1.44. The fourth-order valence-electron chi connectivity index (χ4n) is 6.60. The molecule has 0 N–H and O–H groups in total. The summed E-state index contributed by atoms with van der Waals surface area (Å²) in [5.41, 5.74) is 3.34. The van der Waals surface area contributed by atoms with Gasteiger partial charge in [0.25, 0.3) is 5.91 Å². The van der Waals surface area contributed by atoms with E-state index in [0.717, 1.165) is 63.0 Å². The van der Waals surface area contributed by atoms with Gasteiger partial charge in [-0.25, -0.2) is 9.97 Å². The van der Waals surface area contributed by atoms with Gasteiger partial charge in [-0.1, -0.05) is 59.2 Å². The third-order valence-electron chi connectivity index (χ3n) is 9.83. The number of fused-ring (bicyclic) bond motifs is 1. The lowest BCUT2D eigenvalue weighted by atomic mass is 9.96. The van der Waals surface area contributed by atoms with Crippen LogP contribution in [0, 0.1) is 0 Å². The summed E-state index contributed by atoms with van der Waals surface area (Å²) in [5.74, 6) is 1.58. The van der Waals surface area contributed by atoms with Crippen LogP contribution in [0.25, 0.3) is 0 Å². The van der Waals surface area contributed by atoms with Gasteiger partial charge >= 0.3 is 0 Å². The van der Waals surface area contributed by atoms with Gasteiger partial charge in [0.15, 0.2) is 0 Å². The van der Waals surface area contributed by atoms with Gasteiger partial charge in [-0.3, -0.25) is 9.69 Å². The molecule has 10 nitrogen and oxygen atoms in total. The highest BCUT2D eigenvalue weighted by atomic mass is 28.3. The van der Waals surface area contributed by atoms with Crippen LogP contribution in [-0.2, 0) is 49.0 Å². The number of amides is 1. The Bertz CT molecular complexity index is 1430. The summed E-state index contributed by atoms with van der Waals surface area (Å²) >= 11 is 0. The van der Waals surface area contributed by atoms with E-state index >= 15 is 0 Å². The van der Waals surface area contributed by atoms with Gasteiger partial charge in [0.05, 0.1) is 13.1 Å². The summed E-state index contributed by atoms with van der Waals surface area (Å²) in [5, 5.41) is 0. The molecule has 2 aromatic heterocycles. The van der Waals surface area contributed by atoms with E-state index in [1.54, 1.807) is 12.4 Å². The molecule has 0 radical (unpaired) electrons. The topological polar surface area (TPSA) is 80.9 Å². The maximum absolute atomic E-state index is 14.4. The van der Waals surface area contributed by atoms with Gasteiger partial charge < -0.3 is 28.4 Å². The van der Waals surface area contributed by atoms with Crippen molar-refractivity contribution in [3.8, 4) is 0 Å². The van der Waals surface area contributed by atoms with Crippen molar-refractivity contribution >= 4 is 22.1 Å². The van der Waals surface area contributed by atoms with Crippen LogP contribution >= 0.6 is 0 Å². The van der Waals surface area contributed by atoms with E-state index in [-0.39, 0.29) is 5.91 Å². The standard InChI is InChI=1S/C40H69N7O3Si2/c1-9-18-43(19-10-2)20-11-12-21-44-22-15-35-29-36(13-14-37(35)30-44)40(48)47(31-38-41-16-23-45(38)33-49-25-27-51(3,4)5)32-39-42-17-24-46(39)34-50-26-28-52(6,7)8/h13-14,16-17,23-24,29H,9-12,15,18-22,25-28,30-34H2,1-8H3. The number of ether oxygens (including phenoxy) is 2. The summed E-state index contributed by atoms with van der Waals surface area (Å²) in [7, 11) is -2.38. The molecule has 1 aromatic carbocycles. The molecule has 0 fully saturated rings. The number of hydrogen-bond acceptors (Lipinski definition) is 7. The molecular weight excluding hydrogens is 683 g/mol. The minimum absolute atomic E-state index is 0.0163. The first-order chi connectivity index (χ1) is 24.8. The van der Waals surface area contributed by atoms with Gasteiger partial charge in [0.1, 0.15) is 25.1 Å². The lowest BCUT2D eigenvalue weighted by Crippen LogP contribution is -2.34. The van der Waals surface area contributed by atoms with E-state index in [1.165, 1.54) is 56.4 Å². The van der Waals surface area contributed by atoms with Gasteiger partial charge in [-0.15, -0.1) is 0 Å². The second-order valence-corrected chi connectivity index (χ2v) is 28.3. The number of carbonyl (C=O) groups is 1. The Kier molecular flexibility index (Phi) is 16.8. The normalized spacial score (nSPS) is 13.9. The van der Waals surface area contributed by atoms with E-state index in [1.807, 2.05) is 32.5 Å². The van der Waals surface area contributed by atoms with Crippen LogP contribution in [0.4, 0.5) is 0 Å². The first kappa shape index (κ1) is 42.1. The molecule has 0 atom stereocenters. The van der Waals surface area contributed by atoms with Crippen molar-refractivity contribution in [1.82, 2.24) is 33.8 Å². The first-order valence-electron chi connectivity index (χ1n) is 19.9. The number of nitrogens with zero attached hydrogens (tertiary/aromatic N) is 7. The number of unbranched alkanes of at least 4 members (excludes halogenated alkanes) is 1. The second-order valence-electron chi connectivity index (χ2n) is 17.0. The molecule has 0 saturated heterocycles. The van der Waals surface area contributed by atoms with Gasteiger partial charge in [-0.2, -0.15) is 0 Å². The highest BCUT2D eigenvalue weighted by molar-refractivity contribution is 6.76. The van der Waals surface area contributed by atoms with Crippen LogP contribution in [0.3, 0.4) is 0 Å². The van der Waals surface area contributed by atoms with Crippen molar-refractivity contribution in [3.05, 3.63) is 71.3 Å². The number of aromatic nitrogens is 4. The number of benzene rings is 1. The van der Waals surface area contributed by atoms with E-state index in [2.05, 4.69) is 85.0 Å². The predicted octanol–water partition coefficient (Wildman–Crippen LogP) is 7.81. The molecule has 12 heteroatoms. The van der Waals surface area contributed by atoms with E-state index < -0.39 is 16.1 Å². The third-order valence-corrected chi connectivity index (χ3v) is 13.2. The van der Waals surface area contributed by atoms with Gasteiger partial charge in [0, 0.05) is 72.8 Å². The Morgan fingerprint density at radius 1 is 0.788 bits per heavy atom. The van der Waals surface area contributed by atoms with Crippen molar-refractivity contribution in [2.75, 3.05) is 45.9 Å². The van der Waals surface area contributed by atoms with Crippen LogP contribution < -0.4 is 0 Å². The molecule has 0 aliphatic carbocycles. The van der Waals surface area contributed by atoms with Crippen LogP contribution in [0.1, 0.15) is 72.7 Å². The summed E-state index contributed by atoms with van der Waals surface area (Å²) < 4.78 is 16.2. The fourth-order valence-corrected chi connectivity index (χ4v) is 8.11. The highest BCUT2D eigenvalue weighted by Crippen LogP contribution is 2.23. The maximum atomic E-state index is 14.4. The molecule has 4 rings (SSSR count). The van der Waals surface area contributed by atoms with Crippen LogP contribution in [-0.4, -0.2) is 102 Å². The van der Waals surface area contributed by atoms with Crippen molar-refractivity contribution in [1.29, 1.82) is 0 Å². The lowest BCUT2D eigenvalue weighted by molar-refractivity contribution is 0.0650. The molecule has 1 aliphatic heterocycles. The van der Waals surface area contributed by atoms with Crippen LogP contribution in [0.15, 0.2) is 43.0 Å². The molecule has 3 aromatic rings. The second kappa shape index (κ2) is 20.7. The lowest BCUT2D eigenvalue weighted by Gasteiger charge is -2.30. The van der Waals surface area contributed by atoms with E-state index in [9.17, 15) is 4.79 Å². The first-order valence-corrected chi connectivity index (χ1v) is 27.3. The summed E-state index contributed by atoms with van der Waals surface area (Å²) in [6.45, 7) is 28.4. The van der Waals surface area contributed by atoms with Crippen LogP contribution in [0.2, 0.25) is 51.4 Å². The molecule has 0 unspecified atom stereocenters. The molecule has 1 aliphatic rings. The molecule has 0 spiro atoms. The summed E-state index contributed by atoms with van der Waals surface area (Å²) in [4.78, 5) is 30.8. The molecule has 1 amide bonds. The molecule has 0 saturated carbocycles. The number of hydrogen-bond donors (Lipinski definition) is 0. The Morgan fingerprint density at radius 2 is 1.37 bits per heavy atom. The van der Waals surface area contributed by atoms with Crippen molar-refractivity contribution in [3.63, 3.8) is 0 Å². The van der Waals surface area contributed by atoms with E-state index in [0.29, 0.717) is 32.1 Å². The monoisotopic (exact) mass is 752 g/mol. The summed E-state index contributed by atoms with van der Waals surface area (Å²) in [6.07, 6.45) is 13.4. The fraction of sp³-hybridized carbons (Fsp3) is 0.675. The largest absolute Gasteiger partial charge is 0.361 e. The average molecular weight is 752 g/mol. The smallest absolute Gasteiger partial charge is 0.254 e. The average Bonchev–Trinajstić information content (AvgIpc) is 3.74. The zero-order chi connectivity index (χ0) is 37.6. The van der Waals surface area contributed by atoms with Crippen LogP contribution in [0.5, 0.6) is 0 Å². The van der Waals surface area contributed by atoms with Crippen molar-refractivity contribution in [2.45, 2.75) is 130 Å². The van der Waals surface area contributed by atoms with Crippen molar-refractivity contribution in [2.24, 2.45) is 0 Å². The minimum Gasteiger partial charge on any atom is -0.361 e. The highest BCUT2D eigenvalue weighted by Gasteiger charge is 2.24. The molecule has 3 heterocycles. The minimum atomic E-state index is -1.19. The Labute approximate surface area is 316 Å². The zero-order valence-electron chi connectivity index (χ0n) is 33.8. The molecular formula is C40H69N7O3Si2. The van der Waals surface area contributed by atoms with Gasteiger partial charge in [0.2, 0.25) is 0 Å². The zero-order valence-corrected chi connectivity index (χ0v) is 35.8. The SMILES string of the molecule is CCCN(CCC)CCCCN1CCc2cc(C(=O)N(Cc3nccn3COCC[Si](C)(C)C)Cc3nccn3COCC[Si](C)(C)C)ccc2C1.